The van der Waals surface area contributed by atoms with Crippen molar-refractivity contribution in [2.45, 2.75) is 13.5 Å². The van der Waals surface area contributed by atoms with E-state index >= 15 is 0 Å². The zero-order chi connectivity index (χ0) is 14.7. The highest BCUT2D eigenvalue weighted by atomic mass is 35.5. The number of halogens is 1. The minimum atomic E-state index is -1.01. The van der Waals surface area contributed by atoms with E-state index in [1.54, 1.807) is 30.5 Å². The second kappa shape index (κ2) is 5.79. The highest BCUT2D eigenvalue weighted by molar-refractivity contribution is 6.34. The second-order valence-electron chi connectivity index (χ2n) is 4.35. The van der Waals surface area contributed by atoms with Crippen LogP contribution in [0, 0.1) is 6.92 Å². The van der Waals surface area contributed by atoms with Gasteiger partial charge in [-0.15, -0.1) is 0 Å². The molecule has 6 heteroatoms. The first-order valence-electron chi connectivity index (χ1n) is 5.92. The van der Waals surface area contributed by atoms with E-state index in [9.17, 15) is 9.59 Å². The number of aromatic nitrogens is 1. The number of anilines is 1. The van der Waals surface area contributed by atoms with Gasteiger partial charge in [-0.2, -0.15) is 0 Å². The summed E-state index contributed by atoms with van der Waals surface area (Å²) in [4.78, 5) is 22.8. The van der Waals surface area contributed by atoms with Crippen molar-refractivity contribution in [3.63, 3.8) is 0 Å². The number of hydrogen-bond donors (Lipinski definition) is 2. The van der Waals surface area contributed by atoms with Crippen LogP contribution in [-0.4, -0.2) is 21.6 Å². The van der Waals surface area contributed by atoms with Gasteiger partial charge in [0.25, 0.3) is 5.91 Å². The van der Waals surface area contributed by atoms with Crippen LogP contribution in [0.1, 0.15) is 16.1 Å². The molecule has 0 aliphatic heterocycles. The number of nitrogens with one attached hydrogen (secondary N) is 1. The van der Waals surface area contributed by atoms with Gasteiger partial charge in [0, 0.05) is 6.20 Å². The van der Waals surface area contributed by atoms with Crippen molar-refractivity contribution in [2.24, 2.45) is 0 Å². The zero-order valence-corrected chi connectivity index (χ0v) is 11.5. The highest BCUT2D eigenvalue weighted by Crippen LogP contribution is 2.23. The first kappa shape index (κ1) is 14.1. The monoisotopic (exact) mass is 292 g/mol. The first-order chi connectivity index (χ1) is 9.47. The molecule has 104 valence electrons. The van der Waals surface area contributed by atoms with E-state index in [4.69, 9.17) is 16.7 Å². The number of carbonyl (C=O) groups excluding carboxylic acids is 1. The lowest BCUT2D eigenvalue weighted by Gasteiger charge is -2.09. The number of aliphatic carboxylic acids is 1. The van der Waals surface area contributed by atoms with Crippen molar-refractivity contribution in [1.82, 2.24) is 4.57 Å². The Balaban J connectivity index is 2.20. The molecule has 20 heavy (non-hydrogen) atoms. The number of nitrogens with zero attached hydrogens (tertiary/aromatic N) is 1. The van der Waals surface area contributed by atoms with Crippen LogP contribution in [0.25, 0.3) is 0 Å². The molecule has 0 spiro atoms. The molecule has 1 aromatic carbocycles. The summed E-state index contributed by atoms with van der Waals surface area (Å²) in [5.74, 6) is -1.41. The van der Waals surface area contributed by atoms with Gasteiger partial charge in [-0.1, -0.05) is 17.7 Å². The van der Waals surface area contributed by atoms with E-state index in [2.05, 4.69) is 5.32 Å². The molecule has 0 aliphatic carbocycles. The molecule has 0 fully saturated rings. The third-order valence-electron chi connectivity index (χ3n) is 2.74. The van der Waals surface area contributed by atoms with Crippen molar-refractivity contribution in [1.29, 1.82) is 0 Å². The molecule has 0 saturated carbocycles. The Labute approximate surface area is 120 Å². The van der Waals surface area contributed by atoms with E-state index in [-0.39, 0.29) is 12.2 Å². The third kappa shape index (κ3) is 3.19. The predicted molar refractivity (Wildman–Crippen MR) is 76.2 cm³/mol. The Morgan fingerprint density at radius 1 is 1.35 bits per heavy atom. The van der Waals surface area contributed by atoms with Gasteiger partial charge in [0.15, 0.2) is 0 Å². The van der Waals surface area contributed by atoms with E-state index in [1.165, 1.54) is 4.57 Å². The number of carboxylic acids is 1. The van der Waals surface area contributed by atoms with Crippen molar-refractivity contribution in [3.05, 3.63) is 52.8 Å². The molecule has 0 atom stereocenters. The van der Waals surface area contributed by atoms with Crippen LogP contribution in [0.3, 0.4) is 0 Å². The van der Waals surface area contributed by atoms with Gasteiger partial charge in [0.2, 0.25) is 0 Å². The summed E-state index contributed by atoms with van der Waals surface area (Å²) < 4.78 is 1.36. The Kier molecular flexibility index (Phi) is 4.10. The average molecular weight is 293 g/mol. The predicted octanol–water partition coefficient (Wildman–Crippen LogP) is 2.79. The van der Waals surface area contributed by atoms with Gasteiger partial charge in [0.05, 0.1) is 10.7 Å². The fourth-order valence-corrected chi connectivity index (χ4v) is 2.09. The fraction of sp³-hybridized carbons (Fsp3) is 0.143. The van der Waals surface area contributed by atoms with Gasteiger partial charge in [-0.05, 0) is 36.8 Å². The number of carboxylic acid groups (broad SMARTS) is 1. The number of hydrogen-bond acceptors (Lipinski definition) is 2. The summed E-state index contributed by atoms with van der Waals surface area (Å²) in [6.45, 7) is 1.63. The number of benzene rings is 1. The highest BCUT2D eigenvalue weighted by Gasteiger charge is 2.14. The van der Waals surface area contributed by atoms with Gasteiger partial charge < -0.3 is 15.0 Å². The molecule has 1 heterocycles. The number of amides is 1. The molecule has 2 rings (SSSR count). The topological polar surface area (TPSA) is 71.3 Å². The molecule has 2 aromatic rings. The van der Waals surface area contributed by atoms with Crippen LogP contribution >= 0.6 is 11.6 Å². The summed E-state index contributed by atoms with van der Waals surface area (Å²) in [6, 6.07) is 8.46. The summed E-state index contributed by atoms with van der Waals surface area (Å²) in [5.41, 5.74) is 1.75. The van der Waals surface area contributed by atoms with Crippen molar-refractivity contribution >= 4 is 29.2 Å². The SMILES string of the molecule is Cc1ccc(NC(=O)c2cccn2CC(=O)O)c(Cl)c1. The van der Waals surface area contributed by atoms with Crippen LogP contribution < -0.4 is 5.32 Å². The molecular formula is C14H13ClN2O3. The number of aryl methyl sites for hydroxylation is 1. The maximum Gasteiger partial charge on any atom is 0.323 e. The summed E-state index contributed by atoms with van der Waals surface area (Å²) in [5, 5.41) is 11.9. The summed E-state index contributed by atoms with van der Waals surface area (Å²) in [6.07, 6.45) is 1.54. The van der Waals surface area contributed by atoms with Gasteiger partial charge in [0.1, 0.15) is 12.2 Å². The van der Waals surface area contributed by atoms with Crippen LogP contribution in [0.2, 0.25) is 5.02 Å². The Bertz CT molecular complexity index is 664. The lowest BCUT2D eigenvalue weighted by atomic mass is 10.2. The van der Waals surface area contributed by atoms with Crippen LogP contribution in [-0.2, 0) is 11.3 Å². The van der Waals surface area contributed by atoms with Crippen LogP contribution in [0.4, 0.5) is 5.69 Å². The molecule has 1 aromatic heterocycles. The van der Waals surface area contributed by atoms with E-state index in [0.717, 1.165) is 5.56 Å². The lowest BCUT2D eigenvalue weighted by molar-refractivity contribution is -0.137. The fourth-order valence-electron chi connectivity index (χ4n) is 1.81. The molecule has 0 unspecified atom stereocenters. The van der Waals surface area contributed by atoms with E-state index in [1.807, 2.05) is 13.0 Å². The molecule has 1 amide bonds. The smallest absolute Gasteiger partial charge is 0.323 e. The largest absolute Gasteiger partial charge is 0.480 e. The quantitative estimate of drug-likeness (QED) is 0.910. The summed E-state index contributed by atoms with van der Waals surface area (Å²) >= 11 is 6.04. The second-order valence-corrected chi connectivity index (χ2v) is 4.76. The van der Waals surface area contributed by atoms with Gasteiger partial charge in [-0.25, -0.2) is 0 Å². The maximum atomic E-state index is 12.1. The molecule has 2 N–H and O–H groups in total. The molecule has 0 aliphatic rings. The maximum absolute atomic E-state index is 12.1. The number of carbonyl (C=O) groups is 2. The van der Waals surface area contributed by atoms with Crippen LogP contribution in [0.15, 0.2) is 36.5 Å². The van der Waals surface area contributed by atoms with E-state index in [0.29, 0.717) is 10.7 Å². The molecule has 0 bridgehead atoms. The first-order valence-corrected chi connectivity index (χ1v) is 6.29. The summed E-state index contributed by atoms with van der Waals surface area (Å²) in [7, 11) is 0. The van der Waals surface area contributed by atoms with Crippen molar-refractivity contribution in [3.8, 4) is 0 Å². The zero-order valence-electron chi connectivity index (χ0n) is 10.8. The third-order valence-corrected chi connectivity index (χ3v) is 3.05. The molecule has 0 radical (unpaired) electrons. The van der Waals surface area contributed by atoms with Crippen molar-refractivity contribution in [2.75, 3.05) is 5.32 Å². The Morgan fingerprint density at radius 3 is 2.75 bits per heavy atom. The molecule has 0 saturated heterocycles. The van der Waals surface area contributed by atoms with Crippen molar-refractivity contribution < 1.29 is 14.7 Å². The number of rotatable bonds is 4. The van der Waals surface area contributed by atoms with Gasteiger partial charge in [-0.3, -0.25) is 9.59 Å². The standard InChI is InChI=1S/C14H13ClN2O3/c1-9-4-5-11(10(15)7-9)16-14(20)12-3-2-6-17(12)8-13(18)19/h2-7H,8H2,1H3,(H,16,20)(H,18,19). The van der Waals surface area contributed by atoms with Crippen LogP contribution in [0.5, 0.6) is 0 Å². The molecule has 5 nitrogen and oxygen atoms in total. The average Bonchev–Trinajstić information content (AvgIpc) is 2.80. The van der Waals surface area contributed by atoms with E-state index < -0.39 is 11.9 Å². The minimum Gasteiger partial charge on any atom is -0.480 e. The minimum absolute atomic E-state index is 0.266. The Hall–Kier alpha value is -2.27. The van der Waals surface area contributed by atoms with Gasteiger partial charge >= 0.3 is 5.97 Å². The normalized spacial score (nSPS) is 10.3. The lowest BCUT2D eigenvalue weighted by Crippen LogP contribution is -2.19. The molecular weight excluding hydrogens is 280 g/mol. The Morgan fingerprint density at radius 2 is 2.10 bits per heavy atom.